The van der Waals surface area contributed by atoms with Gasteiger partial charge in [0.15, 0.2) is 22.9 Å². The van der Waals surface area contributed by atoms with Crippen molar-refractivity contribution in [3.8, 4) is 0 Å². The molecule has 0 saturated heterocycles. The molecule has 0 spiro atoms. The number of fused-ring (bicyclic) bond motifs is 2. The summed E-state index contributed by atoms with van der Waals surface area (Å²) >= 11 is 5.83. The van der Waals surface area contributed by atoms with Gasteiger partial charge < -0.3 is 60.2 Å². The minimum absolute atomic E-state index is 0. The lowest BCUT2D eigenvalue weighted by Crippen LogP contribution is -2.54. The number of nitrogens with zero attached hydrogens (tertiary/aromatic N) is 8. The van der Waals surface area contributed by atoms with Crippen LogP contribution in [0.4, 0.5) is 11.6 Å². The molecule has 3 fully saturated rings. The number of alkyl halides is 1. The number of nitrogen functional groups attached to an aromatic ring is 2. The minimum atomic E-state index is -4.16. The van der Waals surface area contributed by atoms with E-state index in [-0.39, 0.29) is 30.1 Å². The number of ether oxygens (including phenoxy) is 5. The van der Waals surface area contributed by atoms with Gasteiger partial charge in [-0.3, -0.25) is 23.5 Å². The number of rotatable bonds is 23. The molecule has 3 saturated carbocycles. The molecule has 25 nitrogen and oxygen atoms in total. The van der Waals surface area contributed by atoms with Crippen molar-refractivity contribution in [1.82, 2.24) is 55.4 Å². The summed E-state index contributed by atoms with van der Waals surface area (Å²) in [6.07, 6.45) is 21.4. The first-order valence-corrected chi connectivity index (χ1v) is 31.2. The molecule has 4 aromatic rings. The number of esters is 3. The van der Waals surface area contributed by atoms with Crippen LogP contribution in [0, 0.1) is 17.8 Å². The van der Waals surface area contributed by atoms with E-state index >= 15 is 0 Å². The fourth-order valence-electron chi connectivity index (χ4n) is 9.44. The maximum atomic E-state index is 14.6. The summed E-state index contributed by atoms with van der Waals surface area (Å²) < 4.78 is 56.6. The van der Waals surface area contributed by atoms with Gasteiger partial charge in [0.1, 0.15) is 52.3 Å². The number of halogens is 1. The standard InChI is InChI=1S/C31H52N7O6P.C11H19ClO2.C9H14N5O4P.H3N/c1-22(16-38-20-35-25-26(32)33-19-34-27(25)38)44-21-45(41,36-30(2,3)28(39)42-17-23-12-8-6-9-13-23)37-31(4,5)29(40)43-18-24-14-10-7-11-15-24;1-11(2,12)10(13)14-8-9-6-4-3-5-7-9;1-6(18-5-19(15,16)17)2-14-4-13-7-8(10)11-3-12-9(7)14;/h19-20,22-24H,6-18,21H2,1-5H3,(H2,32,33,34)(H2,36,37,41);9H,3-8H2,1-2H3;3-4,6H,2,5H2,1H3,(H2,10,11,12)(H2,15,16,17);1H3/t22-;;6-;/m1.1./s1. The van der Waals surface area contributed by atoms with Crippen LogP contribution in [-0.4, -0.2) is 127 Å². The smallest absolute Gasteiger partial charge is 0.350 e. The van der Waals surface area contributed by atoms with E-state index in [1.54, 1.807) is 63.9 Å². The zero-order chi connectivity index (χ0) is 57.3. The van der Waals surface area contributed by atoms with Gasteiger partial charge in [0.25, 0.3) is 0 Å². The van der Waals surface area contributed by atoms with Crippen LogP contribution in [0.25, 0.3) is 22.3 Å². The SMILES string of the molecule is CC(C)(Cl)C(=O)OCC1CCCCC1.C[C@H](Cn1cnc2c(N)ncnc21)OCP(=O)(NC(C)(C)C(=O)OCC1CCCCC1)NC(C)(C)C(=O)OCC1CCCCC1.C[C@H](Cn1cnc2c(N)ncnc21)OCP(=O)(O)O.N. The highest BCUT2D eigenvalue weighted by Gasteiger charge is 2.43. The predicted octanol–water partition coefficient (Wildman–Crippen LogP) is 8.19. The fraction of sp³-hybridized carbons (Fsp3) is 0.745. The fourth-order valence-corrected chi connectivity index (χ4v) is 12.6. The summed E-state index contributed by atoms with van der Waals surface area (Å²) in [5.41, 5.74) is 11.0. The number of nitrogens with one attached hydrogen (secondary N) is 2. The molecular formula is C51H88ClN13O12P2. The molecule has 0 unspecified atom stereocenters. The second kappa shape index (κ2) is 30.6. The van der Waals surface area contributed by atoms with Gasteiger partial charge in [-0.2, -0.15) is 0 Å². The van der Waals surface area contributed by atoms with Gasteiger partial charge in [-0.05, 0) is 112 Å². The molecule has 28 heteroatoms. The average molecular weight is 1170 g/mol. The first-order valence-electron chi connectivity index (χ1n) is 27.1. The topological polar surface area (TPSA) is 370 Å². The molecule has 11 N–H and O–H groups in total. The maximum Gasteiger partial charge on any atom is 0.350 e. The number of hydrogen-bond donors (Lipinski definition) is 7. The van der Waals surface area contributed by atoms with Crippen molar-refractivity contribution in [1.29, 1.82) is 0 Å². The molecule has 3 aliphatic rings. The summed E-state index contributed by atoms with van der Waals surface area (Å²) in [5.74, 6) is 0.478. The highest BCUT2D eigenvalue weighted by Crippen LogP contribution is 2.43. The molecular weight excluding hydrogens is 1080 g/mol. The molecule has 0 bridgehead atoms. The summed E-state index contributed by atoms with van der Waals surface area (Å²) in [6.45, 7) is 15.3. The van der Waals surface area contributed by atoms with E-state index in [2.05, 4.69) is 40.1 Å². The number of imidazole rings is 2. The highest BCUT2D eigenvalue weighted by molar-refractivity contribution is 7.59. The van der Waals surface area contributed by atoms with E-state index in [0.29, 0.717) is 73.0 Å². The van der Waals surface area contributed by atoms with Crippen LogP contribution in [0.15, 0.2) is 25.3 Å². The zero-order valence-electron chi connectivity index (χ0n) is 47.4. The van der Waals surface area contributed by atoms with E-state index in [4.69, 9.17) is 56.5 Å². The third kappa shape index (κ3) is 22.1. The number of nitrogens with two attached hydrogens (primary N) is 2. The van der Waals surface area contributed by atoms with Crippen LogP contribution >= 0.6 is 26.6 Å². The summed E-state index contributed by atoms with van der Waals surface area (Å²) in [4.78, 5) is 79.0. The third-order valence-electron chi connectivity index (χ3n) is 13.8. The lowest BCUT2D eigenvalue weighted by Gasteiger charge is -2.36. The Hall–Kier alpha value is -4.42. The Labute approximate surface area is 469 Å². The van der Waals surface area contributed by atoms with Crippen molar-refractivity contribution in [2.45, 2.75) is 193 Å². The van der Waals surface area contributed by atoms with Crippen LogP contribution in [-0.2, 0) is 60.3 Å². The first kappa shape index (κ1) is 67.1. The molecule has 0 amide bonds. The van der Waals surface area contributed by atoms with Crippen LogP contribution in [0.2, 0.25) is 0 Å². The zero-order valence-corrected chi connectivity index (χ0v) is 50.0. The second-order valence-corrected chi connectivity index (χ2v) is 27.2. The summed E-state index contributed by atoms with van der Waals surface area (Å²) in [6, 6.07) is 0. The Morgan fingerprint density at radius 3 is 1.29 bits per heavy atom. The Balaban J connectivity index is 0.000000322. The highest BCUT2D eigenvalue weighted by atomic mass is 35.5. The molecule has 7 rings (SSSR count). The van der Waals surface area contributed by atoms with Crippen LogP contribution in [0.3, 0.4) is 0 Å². The Kier molecular flexibility index (Phi) is 26.0. The molecule has 2 atom stereocenters. The van der Waals surface area contributed by atoms with Crippen LogP contribution < -0.4 is 27.8 Å². The van der Waals surface area contributed by atoms with Crippen molar-refractivity contribution in [2.75, 3.05) is 44.0 Å². The van der Waals surface area contributed by atoms with Gasteiger partial charge in [0.2, 0.25) is 7.44 Å². The second-order valence-electron chi connectivity index (χ2n) is 22.5. The normalized spacial score (nSPS) is 17.1. The van der Waals surface area contributed by atoms with Crippen molar-refractivity contribution < 1.29 is 57.0 Å². The van der Waals surface area contributed by atoms with E-state index in [9.17, 15) is 23.5 Å². The Bertz CT molecular complexity index is 2590. The van der Waals surface area contributed by atoms with E-state index in [1.807, 2.05) is 6.92 Å². The summed E-state index contributed by atoms with van der Waals surface area (Å²) in [5, 5.41) is 6.01. The lowest BCUT2D eigenvalue weighted by molar-refractivity contribution is -0.151. The van der Waals surface area contributed by atoms with Crippen molar-refractivity contribution >= 4 is 78.5 Å². The van der Waals surface area contributed by atoms with Crippen molar-refractivity contribution in [3.05, 3.63) is 25.3 Å². The Morgan fingerprint density at radius 2 is 0.949 bits per heavy atom. The van der Waals surface area contributed by atoms with Gasteiger partial charge in [-0.25, -0.2) is 40.1 Å². The lowest BCUT2D eigenvalue weighted by atomic mass is 9.90. The van der Waals surface area contributed by atoms with E-state index in [0.717, 1.165) is 51.4 Å². The number of aromatic nitrogens is 8. The molecule has 3 aliphatic carbocycles. The molecule has 446 valence electrons. The van der Waals surface area contributed by atoms with Crippen molar-refractivity contribution in [3.63, 3.8) is 0 Å². The Morgan fingerprint density at radius 1 is 0.608 bits per heavy atom. The van der Waals surface area contributed by atoms with Gasteiger partial charge in [0, 0.05) is 0 Å². The molecule has 4 aromatic heterocycles. The van der Waals surface area contributed by atoms with Crippen LogP contribution in [0.5, 0.6) is 0 Å². The van der Waals surface area contributed by atoms with Gasteiger partial charge >= 0.3 is 25.5 Å². The molecule has 0 radical (unpaired) electrons. The maximum absolute atomic E-state index is 14.6. The van der Waals surface area contributed by atoms with Gasteiger partial charge in [-0.15, -0.1) is 11.6 Å². The summed E-state index contributed by atoms with van der Waals surface area (Å²) in [7, 11) is -7.93. The number of hydrogen-bond acceptors (Lipinski definition) is 19. The first-order chi connectivity index (χ1) is 36.6. The van der Waals surface area contributed by atoms with Crippen molar-refractivity contribution in [2.24, 2.45) is 17.8 Å². The molecule has 4 heterocycles. The third-order valence-corrected chi connectivity index (χ3v) is 16.8. The molecule has 79 heavy (non-hydrogen) atoms. The quantitative estimate of drug-likeness (QED) is 0.0159. The van der Waals surface area contributed by atoms with E-state index in [1.165, 1.54) is 63.9 Å². The number of anilines is 2. The molecule has 0 aliphatic heterocycles. The monoisotopic (exact) mass is 1170 g/mol. The van der Waals surface area contributed by atoms with Crippen LogP contribution in [0.1, 0.15) is 152 Å². The number of carbonyl (C=O) groups is 3. The molecule has 0 aromatic carbocycles. The van der Waals surface area contributed by atoms with Gasteiger partial charge in [-0.1, -0.05) is 57.8 Å². The number of carbonyl (C=O) groups excluding carboxylic acids is 3. The predicted molar refractivity (Wildman–Crippen MR) is 302 cm³/mol. The van der Waals surface area contributed by atoms with Gasteiger partial charge in [0.05, 0.1) is 57.8 Å². The largest absolute Gasteiger partial charge is 0.464 e. The van der Waals surface area contributed by atoms with E-state index < -0.39 is 61.5 Å². The minimum Gasteiger partial charge on any atom is -0.464 e. The average Bonchev–Trinajstić information content (AvgIpc) is 4.02.